The molecule has 5 heteroatoms. The third-order valence-corrected chi connectivity index (χ3v) is 8.28. The van der Waals surface area contributed by atoms with Crippen molar-refractivity contribution < 1.29 is 26.2 Å². The molecule has 0 amide bonds. The maximum atomic E-state index is 10.7. The molecule has 0 radical (unpaired) electrons. The number of hydrogen-bond acceptors (Lipinski definition) is 4. The first-order valence-electron chi connectivity index (χ1n) is 13.9. The molecule has 1 aliphatic rings. The Bertz CT molecular complexity index is 2130. The zero-order valence-electron chi connectivity index (χ0n) is 22.9. The minimum atomic E-state index is -0.764. The van der Waals surface area contributed by atoms with E-state index < -0.39 is 5.41 Å². The second kappa shape index (κ2) is 10.7. The third kappa shape index (κ3) is 4.21. The molecule has 0 spiro atoms. The van der Waals surface area contributed by atoms with Crippen LogP contribution >= 0.6 is 0 Å². The quantitative estimate of drug-likeness (QED) is 0.185. The van der Waals surface area contributed by atoms with Crippen LogP contribution in [0.3, 0.4) is 0 Å². The predicted octanol–water partition coefficient (Wildman–Crippen LogP) is 8.23. The van der Waals surface area contributed by atoms with Crippen LogP contribution in [0.15, 0.2) is 140 Å². The first-order valence-corrected chi connectivity index (χ1v) is 13.9. The van der Waals surface area contributed by atoms with Gasteiger partial charge < -0.3 is 5.11 Å². The second-order valence-corrected chi connectivity index (χ2v) is 10.5. The van der Waals surface area contributed by atoms with E-state index in [1.807, 2.05) is 42.5 Å². The van der Waals surface area contributed by atoms with Crippen LogP contribution in [0.2, 0.25) is 0 Å². The van der Waals surface area contributed by atoms with E-state index >= 15 is 0 Å². The van der Waals surface area contributed by atoms with Gasteiger partial charge in [0.2, 0.25) is 0 Å². The summed E-state index contributed by atoms with van der Waals surface area (Å²) in [6, 6.07) is 47.0. The fourth-order valence-electron chi connectivity index (χ4n) is 6.44. The molecule has 1 aliphatic carbocycles. The summed E-state index contributed by atoms with van der Waals surface area (Å²) in [4.78, 5) is 13.9. The summed E-state index contributed by atoms with van der Waals surface area (Å²) < 4.78 is 0. The summed E-state index contributed by atoms with van der Waals surface area (Å²) in [5.41, 5.74) is 8.83. The molecule has 5 aromatic carbocycles. The summed E-state index contributed by atoms with van der Waals surface area (Å²) in [6.07, 6.45) is 3.32. The molecular weight excluding hydrogens is 710 g/mol. The molecule has 0 fully saturated rings. The summed E-state index contributed by atoms with van der Waals surface area (Å²) in [7, 11) is 0. The number of phenolic OH excluding ortho intramolecular Hbond substituents is 1. The van der Waals surface area contributed by atoms with E-state index in [2.05, 4.69) is 94.9 Å². The number of hydrogen-bond donors (Lipinski definition) is 1. The Kier molecular flexibility index (Phi) is 6.72. The van der Waals surface area contributed by atoms with Crippen LogP contribution in [-0.2, 0) is 26.5 Å². The molecule has 8 rings (SSSR count). The van der Waals surface area contributed by atoms with Crippen LogP contribution in [0.25, 0.3) is 44.4 Å². The number of benzene rings is 5. The molecule has 0 saturated heterocycles. The van der Waals surface area contributed by atoms with Gasteiger partial charge in [0.1, 0.15) is 12.1 Å². The van der Waals surface area contributed by atoms with Gasteiger partial charge in [0.25, 0.3) is 0 Å². The summed E-state index contributed by atoms with van der Waals surface area (Å²) >= 11 is 0. The molecule has 2 heterocycles. The minimum absolute atomic E-state index is 0. The van der Waals surface area contributed by atoms with Gasteiger partial charge in [-0.2, -0.15) is 0 Å². The van der Waals surface area contributed by atoms with E-state index in [4.69, 9.17) is 4.98 Å². The van der Waals surface area contributed by atoms with Crippen molar-refractivity contribution in [1.82, 2.24) is 15.0 Å². The number of aromatic hydroxyl groups is 1. The third-order valence-electron chi connectivity index (χ3n) is 8.28. The Hall–Kier alpha value is -4.92. The predicted molar refractivity (Wildman–Crippen MR) is 166 cm³/mol. The van der Waals surface area contributed by atoms with Crippen LogP contribution in [0.1, 0.15) is 22.4 Å². The van der Waals surface area contributed by atoms with Crippen molar-refractivity contribution in [1.29, 1.82) is 0 Å². The van der Waals surface area contributed by atoms with E-state index in [1.165, 1.54) is 16.5 Å². The molecule has 1 N–H and O–H groups in total. The maximum absolute atomic E-state index is 10.7. The van der Waals surface area contributed by atoms with Gasteiger partial charge in [-0.15, -0.1) is 35.4 Å². The maximum Gasteiger partial charge on any atom is 0.124 e. The molecule has 43 heavy (non-hydrogen) atoms. The topological polar surface area (TPSA) is 58.9 Å². The molecule has 2 aromatic heterocycles. The van der Waals surface area contributed by atoms with Gasteiger partial charge in [0.05, 0.1) is 16.8 Å². The van der Waals surface area contributed by atoms with Gasteiger partial charge in [-0.25, -0.2) is 4.98 Å². The molecule has 0 saturated carbocycles. The van der Waals surface area contributed by atoms with Crippen LogP contribution in [0.4, 0.5) is 0 Å². The Morgan fingerprint density at radius 3 is 2.16 bits per heavy atom. The van der Waals surface area contributed by atoms with Gasteiger partial charge in [-0.05, 0) is 75.1 Å². The number of fused-ring (bicyclic) bond motifs is 4. The fraction of sp³-hybridized carbons (Fsp3) is 0.0263. The molecular formula is C38H24N3OPt-. The number of pyridine rings is 1. The number of para-hydroxylation sites is 1. The number of aromatic nitrogens is 3. The number of nitrogens with zero attached hydrogens (tertiary/aromatic N) is 3. The van der Waals surface area contributed by atoms with Crippen LogP contribution in [0.5, 0.6) is 5.75 Å². The van der Waals surface area contributed by atoms with E-state index in [-0.39, 0.29) is 26.8 Å². The average Bonchev–Trinajstić information content (AvgIpc) is 3.34. The summed E-state index contributed by atoms with van der Waals surface area (Å²) in [5, 5.41) is 13.1. The van der Waals surface area contributed by atoms with Crippen molar-refractivity contribution in [3.63, 3.8) is 0 Å². The van der Waals surface area contributed by atoms with E-state index in [9.17, 15) is 5.11 Å². The largest absolute Gasteiger partial charge is 0.507 e. The summed E-state index contributed by atoms with van der Waals surface area (Å²) in [6.45, 7) is 0. The van der Waals surface area contributed by atoms with Crippen molar-refractivity contribution in [2.45, 2.75) is 5.41 Å². The van der Waals surface area contributed by atoms with E-state index in [1.54, 1.807) is 18.6 Å². The Morgan fingerprint density at radius 2 is 1.35 bits per heavy atom. The van der Waals surface area contributed by atoms with E-state index in [0.29, 0.717) is 11.3 Å². The zero-order valence-corrected chi connectivity index (χ0v) is 25.2. The smallest absolute Gasteiger partial charge is 0.124 e. The zero-order chi connectivity index (χ0) is 28.1. The first kappa shape index (κ1) is 26.9. The molecule has 7 aromatic rings. The Labute approximate surface area is 264 Å². The van der Waals surface area contributed by atoms with Gasteiger partial charge in [-0.3, -0.25) is 9.97 Å². The number of rotatable bonds is 4. The van der Waals surface area contributed by atoms with Gasteiger partial charge in [0, 0.05) is 32.8 Å². The molecule has 1 atom stereocenters. The first-order chi connectivity index (χ1) is 20.7. The minimum Gasteiger partial charge on any atom is -0.507 e. The molecule has 4 nitrogen and oxygen atoms in total. The Balaban J connectivity index is 0.00000300. The molecule has 0 bridgehead atoms. The SMILES string of the molecule is Oc1ccccc1-c1cccc(C2(c3[c-]c(-c4ccncn4)ccc3)c3ccccc3-c3cc4ccccc4cc32)n1.[Pt]. The molecule has 1 unspecified atom stereocenters. The van der Waals surface area contributed by atoms with Crippen molar-refractivity contribution in [3.8, 4) is 39.4 Å². The van der Waals surface area contributed by atoms with Crippen molar-refractivity contribution >= 4 is 10.8 Å². The second-order valence-electron chi connectivity index (χ2n) is 10.5. The van der Waals surface area contributed by atoms with Crippen molar-refractivity contribution in [2.24, 2.45) is 0 Å². The van der Waals surface area contributed by atoms with Crippen molar-refractivity contribution in [3.05, 3.63) is 168 Å². The van der Waals surface area contributed by atoms with E-state index in [0.717, 1.165) is 39.0 Å². The standard InChI is InChI=1S/C38H24N3O.Pt/c42-36-17-6-4-14-30(36)35-16-8-18-37(41-35)38(28-12-7-11-27(21-28)34-19-20-39-24-40-34)32-15-5-3-13-29(32)31-22-25-9-1-2-10-26(25)23-33(31)38;/h1-20,22-24,42H;/q-1;. The number of phenols is 1. The fourth-order valence-corrected chi connectivity index (χ4v) is 6.44. The normalized spacial score (nSPS) is 15.0. The molecule has 0 aliphatic heterocycles. The van der Waals surface area contributed by atoms with Gasteiger partial charge in [-0.1, -0.05) is 72.8 Å². The Morgan fingerprint density at radius 1 is 0.605 bits per heavy atom. The van der Waals surface area contributed by atoms with Crippen LogP contribution in [-0.4, -0.2) is 20.1 Å². The van der Waals surface area contributed by atoms with Gasteiger partial charge in [0.15, 0.2) is 0 Å². The van der Waals surface area contributed by atoms with Crippen LogP contribution in [0, 0.1) is 6.07 Å². The summed E-state index contributed by atoms with van der Waals surface area (Å²) in [5.74, 6) is 0.201. The van der Waals surface area contributed by atoms with Crippen LogP contribution < -0.4 is 0 Å². The molecule has 208 valence electrons. The average molecular weight is 734 g/mol. The monoisotopic (exact) mass is 733 g/mol. The van der Waals surface area contributed by atoms with Crippen molar-refractivity contribution in [2.75, 3.05) is 0 Å². The van der Waals surface area contributed by atoms with Gasteiger partial charge >= 0.3 is 0 Å².